The molecule has 5 heterocycles. The number of fused-ring (bicyclic) bond motifs is 4. The van der Waals surface area contributed by atoms with E-state index in [1.165, 1.54) is 16.7 Å². The number of nitrogens with zero attached hydrogens (tertiary/aromatic N) is 2. The summed E-state index contributed by atoms with van der Waals surface area (Å²) in [7, 11) is 0. The van der Waals surface area contributed by atoms with Crippen LogP contribution >= 0.6 is 0 Å². The summed E-state index contributed by atoms with van der Waals surface area (Å²) < 4.78 is 12.5. The van der Waals surface area contributed by atoms with E-state index in [0.29, 0.717) is 25.1 Å². The van der Waals surface area contributed by atoms with Crippen LogP contribution < -0.4 is 14.8 Å². The molecule has 198 valence electrons. The number of hydrogen-bond donors (Lipinski definition) is 1. The molecule has 7 rings (SSSR count). The van der Waals surface area contributed by atoms with Gasteiger partial charge < -0.3 is 14.4 Å². The maximum atomic E-state index is 13.2. The molecular formula is C30H33N3O5. The Morgan fingerprint density at radius 2 is 1.89 bits per heavy atom. The molecule has 38 heavy (non-hydrogen) atoms. The van der Waals surface area contributed by atoms with Crippen LogP contribution in [0.3, 0.4) is 0 Å². The van der Waals surface area contributed by atoms with Gasteiger partial charge in [-0.2, -0.15) is 0 Å². The molecule has 0 aromatic heterocycles. The molecule has 0 bridgehead atoms. The van der Waals surface area contributed by atoms with Crippen LogP contribution in [0.1, 0.15) is 72.1 Å². The molecular weight excluding hydrogens is 482 g/mol. The summed E-state index contributed by atoms with van der Waals surface area (Å²) in [6.45, 7) is 8.14. The van der Waals surface area contributed by atoms with E-state index in [1.807, 2.05) is 6.07 Å². The van der Waals surface area contributed by atoms with Gasteiger partial charge in [0.25, 0.3) is 5.91 Å². The van der Waals surface area contributed by atoms with Crippen molar-refractivity contribution >= 4 is 17.7 Å². The summed E-state index contributed by atoms with van der Waals surface area (Å²) in [5, 5.41) is 2.38. The quantitative estimate of drug-likeness (QED) is 0.633. The fraction of sp³-hybridized carbons (Fsp3) is 0.500. The third-order valence-electron chi connectivity index (χ3n) is 9.08. The lowest BCUT2D eigenvalue weighted by molar-refractivity contribution is -0.136. The highest BCUT2D eigenvalue weighted by molar-refractivity contribution is 6.05. The number of benzene rings is 2. The third kappa shape index (κ3) is 3.72. The van der Waals surface area contributed by atoms with Crippen molar-refractivity contribution in [1.29, 1.82) is 0 Å². The monoisotopic (exact) mass is 515 g/mol. The van der Waals surface area contributed by atoms with Crippen LogP contribution in [0.15, 0.2) is 30.3 Å². The van der Waals surface area contributed by atoms with Crippen molar-refractivity contribution < 1.29 is 23.9 Å². The summed E-state index contributed by atoms with van der Waals surface area (Å²) in [5.41, 5.74) is 5.12. The molecule has 5 aliphatic heterocycles. The molecule has 1 atom stereocenters. The number of rotatable bonds is 3. The zero-order valence-corrected chi connectivity index (χ0v) is 22.0. The van der Waals surface area contributed by atoms with E-state index in [2.05, 4.69) is 48.3 Å². The van der Waals surface area contributed by atoms with E-state index in [4.69, 9.17) is 9.47 Å². The van der Waals surface area contributed by atoms with E-state index in [0.717, 1.165) is 56.0 Å². The second-order valence-corrected chi connectivity index (χ2v) is 12.2. The van der Waals surface area contributed by atoms with Gasteiger partial charge in [-0.25, -0.2) is 0 Å². The summed E-state index contributed by atoms with van der Waals surface area (Å²) in [5.74, 6) is 1.05. The van der Waals surface area contributed by atoms with Gasteiger partial charge >= 0.3 is 0 Å². The number of ether oxygens (including phenoxy) is 2. The Morgan fingerprint density at radius 3 is 2.68 bits per heavy atom. The SMILES string of the molecule is CC1(C)Cc2cccc(CN3CCC4(CC3)COc3cc5c(cc34)CN(C3CCC(=O)NC3=O)C5=O)c2O1. The molecule has 2 aromatic carbocycles. The smallest absolute Gasteiger partial charge is 0.255 e. The van der Waals surface area contributed by atoms with Gasteiger partial charge in [-0.1, -0.05) is 18.2 Å². The second kappa shape index (κ2) is 8.30. The minimum Gasteiger partial charge on any atom is -0.492 e. The van der Waals surface area contributed by atoms with Gasteiger partial charge in [-0.15, -0.1) is 0 Å². The minimum absolute atomic E-state index is 0.0525. The number of para-hydroxylation sites is 1. The maximum Gasteiger partial charge on any atom is 0.255 e. The van der Waals surface area contributed by atoms with Crippen LogP contribution in [-0.4, -0.2) is 58.9 Å². The van der Waals surface area contributed by atoms with Crippen LogP contribution in [0.5, 0.6) is 11.5 Å². The number of imide groups is 1. The molecule has 3 amide bonds. The van der Waals surface area contributed by atoms with Crippen molar-refractivity contribution in [2.75, 3.05) is 19.7 Å². The molecule has 2 saturated heterocycles. The Bertz CT molecular complexity index is 1370. The van der Waals surface area contributed by atoms with E-state index in [-0.39, 0.29) is 35.2 Å². The Balaban J connectivity index is 1.07. The number of carbonyl (C=O) groups excluding carboxylic acids is 3. The average Bonchev–Trinajstić information content (AvgIpc) is 3.50. The lowest BCUT2D eigenvalue weighted by Gasteiger charge is -2.38. The Kier molecular flexibility index (Phi) is 5.18. The maximum absolute atomic E-state index is 13.2. The Labute approximate surface area is 222 Å². The van der Waals surface area contributed by atoms with Crippen molar-refractivity contribution in [2.45, 2.75) is 76.1 Å². The molecule has 1 N–H and O–H groups in total. The van der Waals surface area contributed by atoms with Crippen molar-refractivity contribution in [3.8, 4) is 11.5 Å². The van der Waals surface area contributed by atoms with E-state index in [9.17, 15) is 14.4 Å². The number of piperidine rings is 2. The highest BCUT2D eigenvalue weighted by Gasteiger charge is 2.46. The summed E-state index contributed by atoms with van der Waals surface area (Å²) in [4.78, 5) is 41.3. The third-order valence-corrected chi connectivity index (χ3v) is 9.08. The summed E-state index contributed by atoms with van der Waals surface area (Å²) >= 11 is 0. The predicted octanol–water partition coefficient (Wildman–Crippen LogP) is 3.09. The zero-order valence-electron chi connectivity index (χ0n) is 22.0. The number of hydrogen-bond acceptors (Lipinski definition) is 6. The van der Waals surface area contributed by atoms with Crippen LogP contribution in [0, 0.1) is 0 Å². The van der Waals surface area contributed by atoms with Gasteiger partial charge in [0.1, 0.15) is 23.1 Å². The van der Waals surface area contributed by atoms with Crippen molar-refractivity contribution in [3.05, 3.63) is 58.1 Å². The molecule has 8 heteroatoms. The molecule has 8 nitrogen and oxygen atoms in total. The Hall–Kier alpha value is -3.39. The van der Waals surface area contributed by atoms with Gasteiger partial charge in [-0.05, 0) is 69.5 Å². The standard InChI is InChI=1S/C30H33N3O5/c1-29(2)14-18-4-3-5-19(26(18)38-29)15-32-10-8-30(9-11-32)17-37-24-13-21-20(12-22(24)30)16-33(28(21)36)23-6-7-25(34)31-27(23)35/h3-5,12-13,23H,6-11,14-17H2,1-2H3,(H,31,34,35). The second-order valence-electron chi connectivity index (χ2n) is 12.2. The predicted molar refractivity (Wildman–Crippen MR) is 139 cm³/mol. The van der Waals surface area contributed by atoms with E-state index < -0.39 is 6.04 Å². The largest absolute Gasteiger partial charge is 0.492 e. The van der Waals surface area contributed by atoms with Gasteiger partial charge in [0.15, 0.2) is 0 Å². The number of nitrogens with one attached hydrogen (secondary N) is 1. The van der Waals surface area contributed by atoms with Crippen LogP contribution in [0.2, 0.25) is 0 Å². The summed E-state index contributed by atoms with van der Waals surface area (Å²) in [6, 6.07) is 9.94. The first-order valence-corrected chi connectivity index (χ1v) is 13.7. The van der Waals surface area contributed by atoms with Crippen molar-refractivity contribution in [1.82, 2.24) is 15.1 Å². The lowest BCUT2D eigenvalue weighted by atomic mass is 9.74. The van der Waals surface area contributed by atoms with Crippen LogP contribution in [-0.2, 0) is 34.5 Å². The Morgan fingerprint density at radius 1 is 1.08 bits per heavy atom. The number of carbonyl (C=O) groups is 3. The van der Waals surface area contributed by atoms with Gasteiger partial charge in [-0.3, -0.25) is 24.6 Å². The first-order valence-electron chi connectivity index (χ1n) is 13.7. The van der Waals surface area contributed by atoms with Crippen molar-refractivity contribution in [3.63, 3.8) is 0 Å². The van der Waals surface area contributed by atoms with Gasteiger partial charge in [0.05, 0.1) is 6.61 Å². The molecule has 0 saturated carbocycles. The fourth-order valence-electron chi connectivity index (χ4n) is 7.02. The van der Waals surface area contributed by atoms with Crippen LogP contribution in [0.4, 0.5) is 0 Å². The molecule has 2 fully saturated rings. The number of likely N-dealkylation sites (tertiary alicyclic amines) is 1. The highest BCUT2D eigenvalue weighted by Crippen LogP contribution is 2.48. The number of amides is 3. The topological polar surface area (TPSA) is 88.2 Å². The molecule has 0 aliphatic carbocycles. The molecule has 2 aromatic rings. The molecule has 0 radical (unpaired) electrons. The summed E-state index contributed by atoms with van der Waals surface area (Å²) in [6.07, 6.45) is 3.55. The first kappa shape index (κ1) is 23.7. The average molecular weight is 516 g/mol. The highest BCUT2D eigenvalue weighted by atomic mass is 16.5. The minimum atomic E-state index is -0.602. The lowest BCUT2D eigenvalue weighted by Crippen LogP contribution is -2.52. The van der Waals surface area contributed by atoms with Gasteiger partial charge in [0, 0.05) is 48.0 Å². The van der Waals surface area contributed by atoms with E-state index >= 15 is 0 Å². The zero-order chi connectivity index (χ0) is 26.2. The van der Waals surface area contributed by atoms with Crippen molar-refractivity contribution in [2.24, 2.45) is 0 Å². The van der Waals surface area contributed by atoms with E-state index in [1.54, 1.807) is 4.90 Å². The molecule has 5 aliphatic rings. The normalized spacial score (nSPS) is 25.1. The molecule has 1 unspecified atom stereocenters. The molecule has 1 spiro atoms. The van der Waals surface area contributed by atoms with Gasteiger partial charge in [0.2, 0.25) is 11.8 Å². The first-order chi connectivity index (χ1) is 18.2. The van der Waals surface area contributed by atoms with Crippen LogP contribution in [0.25, 0.3) is 0 Å². The fourth-order valence-corrected chi connectivity index (χ4v) is 7.02.